The number of anilines is 2. The summed E-state index contributed by atoms with van der Waals surface area (Å²) in [7, 11) is 0. The van der Waals surface area contributed by atoms with Crippen molar-refractivity contribution in [2.75, 3.05) is 18.0 Å². The van der Waals surface area contributed by atoms with Crippen LogP contribution in [0.4, 0.5) is 28.9 Å². The summed E-state index contributed by atoms with van der Waals surface area (Å²) in [5.41, 5.74) is 1.55. The van der Waals surface area contributed by atoms with Crippen LogP contribution in [0.15, 0.2) is 84.9 Å². The molecule has 186 valence electrons. The minimum atomic E-state index is -4.41. The quantitative estimate of drug-likeness (QED) is 0.279. The molecule has 5 rings (SSSR count). The summed E-state index contributed by atoms with van der Waals surface area (Å²) in [4.78, 5) is 1.82. The number of benzene rings is 4. The Morgan fingerprint density at radius 1 is 0.972 bits per heavy atom. The summed E-state index contributed by atoms with van der Waals surface area (Å²) >= 11 is 0. The molecule has 2 atom stereocenters. The molecule has 0 fully saturated rings. The maximum Gasteiger partial charge on any atom is 0.416 e. The van der Waals surface area contributed by atoms with Gasteiger partial charge in [-0.25, -0.2) is 4.39 Å². The molecule has 0 spiro atoms. The summed E-state index contributed by atoms with van der Waals surface area (Å²) < 4.78 is 59.3. The van der Waals surface area contributed by atoms with Crippen molar-refractivity contribution < 1.29 is 22.3 Å². The molecule has 7 heteroatoms. The Balaban J connectivity index is 1.31. The van der Waals surface area contributed by atoms with Crippen molar-refractivity contribution in [1.29, 1.82) is 0 Å². The molecular weight excluding hydrogens is 468 g/mol. The van der Waals surface area contributed by atoms with E-state index in [2.05, 4.69) is 42.6 Å². The van der Waals surface area contributed by atoms with Gasteiger partial charge in [0, 0.05) is 17.8 Å². The SMILES string of the molecule is C[C@@H](NCCC1CN(c2ccc(C(F)(F)F)cc2)c2cc(F)ccc2O1)c1cccc2ccccc12. The predicted octanol–water partition coefficient (Wildman–Crippen LogP) is 7.64. The van der Waals surface area contributed by atoms with Gasteiger partial charge in [-0.05, 0) is 72.6 Å². The van der Waals surface area contributed by atoms with Crippen molar-refractivity contribution in [2.45, 2.75) is 31.7 Å². The standard InChI is InChI=1S/C29H26F4N2O/c1-19(25-8-4-6-20-5-2-3-7-26(20)25)34-16-15-24-18-35(27-17-22(30)11-14-28(27)36-24)23-12-9-21(10-13-23)29(31,32)33/h2-14,17,19,24,34H,15-16,18H2,1H3/t19-,24?/m1/s1. The lowest BCUT2D eigenvalue weighted by Crippen LogP contribution is -2.39. The molecule has 0 aliphatic carbocycles. The average Bonchev–Trinajstić information content (AvgIpc) is 2.87. The second-order valence-corrected chi connectivity index (χ2v) is 9.04. The largest absolute Gasteiger partial charge is 0.486 e. The Bertz CT molecular complexity index is 1350. The maximum absolute atomic E-state index is 14.0. The third kappa shape index (κ3) is 5.02. The van der Waals surface area contributed by atoms with Crippen molar-refractivity contribution in [1.82, 2.24) is 5.32 Å². The van der Waals surface area contributed by atoms with Gasteiger partial charge in [0.15, 0.2) is 0 Å². The van der Waals surface area contributed by atoms with Gasteiger partial charge in [0.1, 0.15) is 17.7 Å². The number of halogens is 4. The molecule has 0 bridgehead atoms. The summed E-state index contributed by atoms with van der Waals surface area (Å²) in [5.74, 6) is 0.0768. The molecule has 1 N–H and O–H groups in total. The van der Waals surface area contributed by atoms with Gasteiger partial charge in [0.05, 0.1) is 17.8 Å². The fraction of sp³-hybridized carbons (Fsp3) is 0.241. The van der Waals surface area contributed by atoms with Crippen molar-refractivity contribution >= 4 is 22.1 Å². The smallest absolute Gasteiger partial charge is 0.416 e. The molecule has 1 unspecified atom stereocenters. The number of hydrogen-bond acceptors (Lipinski definition) is 3. The third-order valence-corrected chi connectivity index (χ3v) is 6.60. The Kier molecular flexibility index (Phi) is 6.58. The summed E-state index contributed by atoms with van der Waals surface area (Å²) in [6.07, 6.45) is -3.97. The van der Waals surface area contributed by atoms with E-state index in [1.54, 1.807) is 6.07 Å². The van der Waals surface area contributed by atoms with E-state index in [1.165, 1.54) is 40.6 Å². The predicted molar refractivity (Wildman–Crippen MR) is 134 cm³/mol. The van der Waals surface area contributed by atoms with Crippen LogP contribution in [0.2, 0.25) is 0 Å². The van der Waals surface area contributed by atoms with Crippen LogP contribution in [-0.4, -0.2) is 19.2 Å². The summed E-state index contributed by atoms with van der Waals surface area (Å²) in [5, 5.41) is 5.96. The Morgan fingerprint density at radius 3 is 2.50 bits per heavy atom. The van der Waals surface area contributed by atoms with Gasteiger partial charge in [-0.15, -0.1) is 0 Å². The molecule has 3 nitrogen and oxygen atoms in total. The zero-order chi connectivity index (χ0) is 25.3. The van der Waals surface area contributed by atoms with Crippen LogP contribution in [0.3, 0.4) is 0 Å². The molecular formula is C29H26F4N2O. The van der Waals surface area contributed by atoms with Crippen molar-refractivity contribution in [3.8, 4) is 5.75 Å². The van der Waals surface area contributed by atoms with Crippen LogP contribution in [0.25, 0.3) is 10.8 Å². The second kappa shape index (κ2) is 9.82. The van der Waals surface area contributed by atoms with E-state index >= 15 is 0 Å². The number of hydrogen-bond donors (Lipinski definition) is 1. The van der Waals surface area contributed by atoms with E-state index in [9.17, 15) is 17.6 Å². The first-order valence-corrected chi connectivity index (χ1v) is 11.9. The van der Waals surface area contributed by atoms with Gasteiger partial charge in [0.25, 0.3) is 0 Å². The van der Waals surface area contributed by atoms with Crippen LogP contribution >= 0.6 is 0 Å². The molecule has 1 aliphatic heterocycles. The molecule has 4 aromatic carbocycles. The van der Waals surface area contributed by atoms with Crippen molar-refractivity contribution in [3.63, 3.8) is 0 Å². The second-order valence-electron chi connectivity index (χ2n) is 9.04. The van der Waals surface area contributed by atoms with Gasteiger partial charge in [0.2, 0.25) is 0 Å². The zero-order valence-corrected chi connectivity index (χ0v) is 19.7. The number of nitrogens with one attached hydrogen (secondary N) is 1. The van der Waals surface area contributed by atoms with Gasteiger partial charge in [-0.3, -0.25) is 0 Å². The molecule has 0 saturated heterocycles. The van der Waals surface area contributed by atoms with E-state index in [0.29, 0.717) is 36.6 Å². The fourth-order valence-corrected chi connectivity index (χ4v) is 4.74. The number of ether oxygens (including phenoxy) is 1. The molecule has 0 amide bonds. The first-order valence-electron chi connectivity index (χ1n) is 11.9. The molecule has 0 radical (unpaired) electrons. The van der Waals surface area contributed by atoms with Crippen LogP contribution < -0.4 is 15.0 Å². The lowest BCUT2D eigenvalue weighted by molar-refractivity contribution is -0.137. The molecule has 4 aromatic rings. The van der Waals surface area contributed by atoms with Crippen LogP contribution in [0.1, 0.15) is 30.5 Å². The lowest BCUT2D eigenvalue weighted by atomic mass is 9.99. The van der Waals surface area contributed by atoms with Crippen molar-refractivity contribution in [3.05, 3.63) is 102 Å². The molecule has 1 aliphatic rings. The Labute approximate surface area is 207 Å². The highest BCUT2D eigenvalue weighted by atomic mass is 19.4. The normalized spacial score (nSPS) is 16.5. The van der Waals surface area contributed by atoms with Gasteiger partial charge >= 0.3 is 6.18 Å². The summed E-state index contributed by atoms with van der Waals surface area (Å²) in [6, 6.07) is 23.8. The van der Waals surface area contributed by atoms with Crippen molar-refractivity contribution in [2.24, 2.45) is 0 Å². The van der Waals surface area contributed by atoms with Crippen LogP contribution in [0.5, 0.6) is 5.75 Å². The monoisotopic (exact) mass is 494 g/mol. The van der Waals surface area contributed by atoms with E-state index in [1.807, 2.05) is 17.0 Å². The first-order chi connectivity index (χ1) is 17.3. The van der Waals surface area contributed by atoms with E-state index in [-0.39, 0.29) is 12.1 Å². The number of rotatable bonds is 6. The molecule has 1 heterocycles. The minimum Gasteiger partial charge on any atom is -0.486 e. The number of nitrogens with zero attached hydrogens (tertiary/aromatic N) is 1. The lowest BCUT2D eigenvalue weighted by Gasteiger charge is -2.36. The third-order valence-electron chi connectivity index (χ3n) is 6.60. The van der Waals surface area contributed by atoms with Crippen LogP contribution in [0, 0.1) is 5.82 Å². The van der Waals surface area contributed by atoms with E-state index in [0.717, 1.165) is 12.1 Å². The Morgan fingerprint density at radius 2 is 1.72 bits per heavy atom. The minimum absolute atomic E-state index is 0.118. The van der Waals surface area contributed by atoms with Gasteiger partial charge < -0.3 is 15.0 Å². The highest BCUT2D eigenvalue weighted by Crippen LogP contribution is 2.40. The summed E-state index contributed by atoms with van der Waals surface area (Å²) in [6.45, 7) is 3.19. The zero-order valence-electron chi connectivity index (χ0n) is 19.7. The molecule has 0 saturated carbocycles. The maximum atomic E-state index is 14.0. The number of alkyl halides is 3. The first kappa shape index (κ1) is 24.1. The Hall–Kier alpha value is -3.58. The van der Waals surface area contributed by atoms with E-state index in [4.69, 9.17) is 4.74 Å². The molecule has 0 aromatic heterocycles. The van der Waals surface area contributed by atoms with E-state index < -0.39 is 17.6 Å². The van der Waals surface area contributed by atoms with Gasteiger partial charge in [-0.1, -0.05) is 42.5 Å². The highest BCUT2D eigenvalue weighted by Gasteiger charge is 2.31. The highest BCUT2D eigenvalue weighted by molar-refractivity contribution is 5.86. The van der Waals surface area contributed by atoms with Gasteiger partial charge in [-0.2, -0.15) is 13.2 Å². The van der Waals surface area contributed by atoms with Crippen LogP contribution in [-0.2, 0) is 6.18 Å². The fourth-order valence-electron chi connectivity index (χ4n) is 4.74. The number of fused-ring (bicyclic) bond motifs is 2. The topological polar surface area (TPSA) is 24.5 Å². The molecule has 36 heavy (non-hydrogen) atoms. The average molecular weight is 495 g/mol.